The number of ketones is 1. The molecule has 2 rings (SSSR count). The van der Waals surface area contributed by atoms with Crippen molar-refractivity contribution in [2.24, 2.45) is 0 Å². The lowest BCUT2D eigenvalue weighted by atomic mass is 10.0. The molecule has 1 aromatic rings. The molecule has 17 heavy (non-hydrogen) atoms. The summed E-state index contributed by atoms with van der Waals surface area (Å²) in [6.45, 7) is 0.201. The van der Waals surface area contributed by atoms with Crippen LogP contribution in [0.1, 0.15) is 12.0 Å². The van der Waals surface area contributed by atoms with Gasteiger partial charge in [-0.25, -0.2) is 0 Å². The molecule has 0 saturated carbocycles. The van der Waals surface area contributed by atoms with E-state index in [2.05, 4.69) is 4.74 Å². The Morgan fingerprint density at radius 3 is 2.88 bits per heavy atom. The molecule has 88 valence electrons. The van der Waals surface area contributed by atoms with Gasteiger partial charge in [0.15, 0.2) is 5.78 Å². The Bertz CT molecular complexity index is 488. The van der Waals surface area contributed by atoms with Crippen molar-refractivity contribution in [1.82, 2.24) is 0 Å². The molecule has 0 saturated heterocycles. The van der Waals surface area contributed by atoms with Gasteiger partial charge >= 0.3 is 5.97 Å². The standard InChI is InChI=1S/C13H12O4/c1-16-13(15)7-11(14)10-6-9-4-2-3-5-12(9)17-8-10/h2-6H,7-8H2,1H3. The van der Waals surface area contributed by atoms with Gasteiger partial charge in [0.05, 0.1) is 7.11 Å². The number of carbonyl (C=O) groups is 2. The topological polar surface area (TPSA) is 52.6 Å². The largest absolute Gasteiger partial charge is 0.488 e. The molecule has 0 spiro atoms. The normalized spacial score (nSPS) is 13.1. The maximum atomic E-state index is 11.7. The molecule has 0 fully saturated rings. The number of Topliss-reactive ketones (excluding diaryl/α,β-unsaturated/α-hetero) is 1. The fourth-order valence-corrected chi connectivity index (χ4v) is 1.59. The maximum absolute atomic E-state index is 11.7. The van der Waals surface area contributed by atoms with Crippen LogP contribution in [0.15, 0.2) is 29.8 Å². The third-order valence-corrected chi connectivity index (χ3v) is 2.52. The van der Waals surface area contributed by atoms with E-state index in [-0.39, 0.29) is 18.8 Å². The van der Waals surface area contributed by atoms with Crippen molar-refractivity contribution in [2.75, 3.05) is 13.7 Å². The summed E-state index contributed by atoms with van der Waals surface area (Å²) in [5.41, 5.74) is 1.35. The highest BCUT2D eigenvalue weighted by Gasteiger charge is 2.19. The Morgan fingerprint density at radius 1 is 1.35 bits per heavy atom. The lowest BCUT2D eigenvalue weighted by Gasteiger charge is -2.16. The lowest BCUT2D eigenvalue weighted by molar-refractivity contribution is -0.142. The maximum Gasteiger partial charge on any atom is 0.313 e. The zero-order chi connectivity index (χ0) is 12.3. The highest BCUT2D eigenvalue weighted by Crippen LogP contribution is 2.26. The molecule has 0 amide bonds. The molecule has 1 heterocycles. The minimum atomic E-state index is -0.533. The number of carbonyl (C=O) groups excluding carboxylic acids is 2. The van der Waals surface area contributed by atoms with Crippen LogP contribution in [-0.2, 0) is 14.3 Å². The SMILES string of the molecule is COC(=O)CC(=O)C1=Cc2ccccc2OC1. The fourth-order valence-electron chi connectivity index (χ4n) is 1.59. The van der Waals surface area contributed by atoms with Crippen molar-refractivity contribution in [3.05, 3.63) is 35.4 Å². The van der Waals surface area contributed by atoms with Crippen LogP contribution < -0.4 is 4.74 Å². The Balaban J connectivity index is 2.17. The molecule has 0 atom stereocenters. The van der Waals surface area contributed by atoms with Crippen molar-refractivity contribution in [1.29, 1.82) is 0 Å². The summed E-state index contributed by atoms with van der Waals surface area (Å²) in [5, 5.41) is 0. The van der Waals surface area contributed by atoms with Crippen LogP contribution in [0, 0.1) is 0 Å². The summed E-state index contributed by atoms with van der Waals surface area (Å²) in [6, 6.07) is 7.44. The van der Waals surface area contributed by atoms with E-state index in [1.807, 2.05) is 24.3 Å². The Kier molecular flexibility index (Phi) is 3.23. The Hall–Kier alpha value is -2.10. The van der Waals surface area contributed by atoms with Crippen LogP contribution in [0.3, 0.4) is 0 Å². The fraction of sp³-hybridized carbons (Fsp3) is 0.231. The highest BCUT2D eigenvalue weighted by atomic mass is 16.5. The van der Waals surface area contributed by atoms with Crippen LogP contribution >= 0.6 is 0 Å². The third kappa shape index (κ3) is 2.53. The first-order valence-electron chi connectivity index (χ1n) is 5.23. The van der Waals surface area contributed by atoms with Crippen molar-refractivity contribution < 1.29 is 19.1 Å². The summed E-state index contributed by atoms with van der Waals surface area (Å²) in [6.07, 6.45) is 1.51. The van der Waals surface area contributed by atoms with E-state index in [0.717, 1.165) is 11.3 Å². The van der Waals surface area contributed by atoms with E-state index in [0.29, 0.717) is 5.57 Å². The molecule has 0 unspecified atom stereocenters. The van der Waals surface area contributed by atoms with Gasteiger partial charge in [-0.05, 0) is 12.1 Å². The first-order chi connectivity index (χ1) is 8.20. The average molecular weight is 232 g/mol. The molecule has 4 heteroatoms. The number of ether oxygens (including phenoxy) is 2. The summed E-state index contributed by atoms with van der Waals surface area (Å²) in [7, 11) is 1.26. The molecule has 0 aromatic heterocycles. The van der Waals surface area contributed by atoms with E-state index >= 15 is 0 Å². The monoisotopic (exact) mass is 232 g/mol. The molecule has 4 nitrogen and oxygen atoms in total. The second-order valence-corrected chi connectivity index (χ2v) is 3.67. The molecular formula is C13H12O4. The van der Waals surface area contributed by atoms with Crippen molar-refractivity contribution in [3.63, 3.8) is 0 Å². The molecule has 0 N–H and O–H groups in total. The van der Waals surface area contributed by atoms with E-state index in [9.17, 15) is 9.59 Å². The number of hydrogen-bond donors (Lipinski definition) is 0. The number of para-hydroxylation sites is 1. The predicted molar refractivity (Wildman–Crippen MR) is 61.6 cm³/mol. The lowest BCUT2D eigenvalue weighted by Crippen LogP contribution is -2.18. The smallest absolute Gasteiger partial charge is 0.313 e. The molecule has 0 radical (unpaired) electrons. The minimum absolute atomic E-state index is 0.201. The molecular weight excluding hydrogens is 220 g/mol. The minimum Gasteiger partial charge on any atom is -0.488 e. The predicted octanol–water partition coefficient (Wildman–Crippen LogP) is 1.59. The molecule has 0 bridgehead atoms. The second-order valence-electron chi connectivity index (χ2n) is 3.67. The van der Waals surface area contributed by atoms with E-state index < -0.39 is 5.97 Å². The van der Waals surface area contributed by atoms with Crippen LogP contribution in [0.2, 0.25) is 0 Å². The number of fused-ring (bicyclic) bond motifs is 1. The zero-order valence-electron chi connectivity index (χ0n) is 9.43. The van der Waals surface area contributed by atoms with Crippen molar-refractivity contribution >= 4 is 17.8 Å². The number of hydrogen-bond acceptors (Lipinski definition) is 4. The Morgan fingerprint density at radius 2 is 2.12 bits per heavy atom. The van der Waals surface area contributed by atoms with Crippen LogP contribution in [-0.4, -0.2) is 25.5 Å². The molecule has 1 aliphatic rings. The van der Waals surface area contributed by atoms with E-state index in [1.54, 1.807) is 6.08 Å². The number of benzene rings is 1. The van der Waals surface area contributed by atoms with Crippen LogP contribution in [0.5, 0.6) is 5.75 Å². The number of esters is 1. The number of methoxy groups -OCH3 is 1. The van der Waals surface area contributed by atoms with Crippen LogP contribution in [0.25, 0.3) is 6.08 Å². The van der Waals surface area contributed by atoms with Crippen molar-refractivity contribution in [3.8, 4) is 5.75 Å². The molecule has 1 aliphatic heterocycles. The van der Waals surface area contributed by atoms with Crippen LogP contribution in [0.4, 0.5) is 0 Å². The van der Waals surface area contributed by atoms with Gasteiger partial charge in [-0.3, -0.25) is 9.59 Å². The third-order valence-electron chi connectivity index (χ3n) is 2.52. The zero-order valence-corrected chi connectivity index (χ0v) is 9.43. The summed E-state index contributed by atoms with van der Waals surface area (Å²) < 4.78 is 9.88. The summed E-state index contributed by atoms with van der Waals surface area (Å²) in [4.78, 5) is 22.7. The van der Waals surface area contributed by atoms with E-state index in [4.69, 9.17) is 4.74 Å². The quantitative estimate of drug-likeness (QED) is 0.586. The second kappa shape index (κ2) is 4.82. The van der Waals surface area contributed by atoms with Gasteiger partial charge in [-0.2, -0.15) is 0 Å². The number of rotatable bonds is 3. The van der Waals surface area contributed by atoms with Gasteiger partial charge in [0.25, 0.3) is 0 Å². The van der Waals surface area contributed by atoms with Gasteiger partial charge in [0, 0.05) is 11.1 Å². The molecule has 0 aliphatic carbocycles. The first kappa shape index (κ1) is 11.4. The highest BCUT2D eigenvalue weighted by molar-refractivity contribution is 6.08. The summed E-state index contributed by atoms with van der Waals surface area (Å²) >= 11 is 0. The van der Waals surface area contributed by atoms with Gasteiger partial charge in [0.2, 0.25) is 0 Å². The van der Waals surface area contributed by atoms with E-state index in [1.165, 1.54) is 7.11 Å². The Labute approximate surface area is 98.8 Å². The van der Waals surface area contributed by atoms with Crippen molar-refractivity contribution in [2.45, 2.75) is 6.42 Å². The van der Waals surface area contributed by atoms with Gasteiger partial charge in [-0.1, -0.05) is 18.2 Å². The van der Waals surface area contributed by atoms with Gasteiger partial charge in [-0.15, -0.1) is 0 Å². The van der Waals surface area contributed by atoms with Gasteiger partial charge < -0.3 is 9.47 Å². The average Bonchev–Trinajstić information content (AvgIpc) is 2.38. The summed E-state index contributed by atoms with van der Waals surface area (Å²) in [5.74, 6) is -0.0387. The molecule has 1 aromatic carbocycles. The van der Waals surface area contributed by atoms with Gasteiger partial charge in [0.1, 0.15) is 18.8 Å². The first-order valence-corrected chi connectivity index (χ1v) is 5.23.